The van der Waals surface area contributed by atoms with Crippen molar-refractivity contribution in [2.75, 3.05) is 41.5 Å². The summed E-state index contributed by atoms with van der Waals surface area (Å²) in [4.78, 5) is 15.3. The first kappa shape index (κ1) is 20.9. The van der Waals surface area contributed by atoms with Crippen molar-refractivity contribution < 1.29 is 19.0 Å². The zero-order valence-corrected chi connectivity index (χ0v) is 17.6. The van der Waals surface area contributed by atoms with Crippen LogP contribution in [0.2, 0.25) is 0 Å². The number of allylic oxidation sites excluding steroid dienone is 1. The fraction of sp³-hybridized carbons (Fsp3) is 0.375. The lowest BCUT2D eigenvalue weighted by Gasteiger charge is -2.30. The van der Waals surface area contributed by atoms with Crippen LogP contribution in [-0.2, 0) is 0 Å². The van der Waals surface area contributed by atoms with Gasteiger partial charge in [0.15, 0.2) is 5.78 Å². The molecule has 0 unspecified atom stereocenters. The highest BCUT2D eigenvalue weighted by Gasteiger charge is 2.24. The van der Waals surface area contributed by atoms with Gasteiger partial charge in [-0.1, -0.05) is 18.2 Å². The third kappa shape index (κ3) is 4.98. The molecular weight excluding hydrogens is 366 g/mol. The second-order valence-electron chi connectivity index (χ2n) is 7.34. The minimum absolute atomic E-state index is 0.0884. The monoisotopic (exact) mass is 395 g/mol. The third-order valence-corrected chi connectivity index (χ3v) is 5.52. The van der Waals surface area contributed by atoms with E-state index in [0.717, 1.165) is 48.6 Å². The van der Waals surface area contributed by atoms with Gasteiger partial charge in [-0.05, 0) is 74.3 Å². The lowest BCUT2D eigenvalue weighted by molar-refractivity contribution is 0.104. The predicted molar refractivity (Wildman–Crippen MR) is 115 cm³/mol. The first-order valence-corrected chi connectivity index (χ1v) is 9.86. The maximum Gasteiger partial charge on any atom is 0.189 e. The number of ether oxygens (including phenoxy) is 3. The largest absolute Gasteiger partial charge is 0.497 e. The van der Waals surface area contributed by atoms with Gasteiger partial charge < -0.3 is 19.1 Å². The molecule has 1 saturated heterocycles. The summed E-state index contributed by atoms with van der Waals surface area (Å²) in [5, 5.41) is 0. The summed E-state index contributed by atoms with van der Waals surface area (Å²) in [6, 6.07) is 11.4. The quantitative estimate of drug-likeness (QED) is 0.513. The van der Waals surface area contributed by atoms with Crippen molar-refractivity contribution in [2.45, 2.75) is 18.8 Å². The first-order valence-electron chi connectivity index (χ1n) is 9.86. The molecule has 0 bridgehead atoms. The molecule has 0 aliphatic carbocycles. The van der Waals surface area contributed by atoms with E-state index in [9.17, 15) is 4.79 Å². The Labute approximate surface area is 172 Å². The molecule has 0 atom stereocenters. The standard InChI is InChI=1S/C24H29NO4/c1-25-13-11-18(12-14-25)20-15-21(24(29-4)16-23(20)28-3)22(26)10-7-17-5-8-19(27-2)9-6-17/h5-10,15-16,18H,11-14H2,1-4H3/b10-7+. The number of likely N-dealkylation sites (tertiary alicyclic amines) is 1. The minimum atomic E-state index is -0.0884. The third-order valence-electron chi connectivity index (χ3n) is 5.52. The predicted octanol–water partition coefficient (Wildman–Crippen LogP) is 4.42. The Morgan fingerprint density at radius 2 is 1.62 bits per heavy atom. The number of methoxy groups -OCH3 is 3. The van der Waals surface area contributed by atoms with Crippen molar-refractivity contribution in [1.82, 2.24) is 4.90 Å². The number of nitrogens with zero attached hydrogens (tertiary/aromatic N) is 1. The number of rotatable bonds is 7. The van der Waals surface area contributed by atoms with E-state index in [-0.39, 0.29) is 5.78 Å². The smallest absolute Gasteiger partial charge is 0.189 e. The zero-order valence-electron chi connectivity index (χ0n) is 17.6. The molecule has 0 aromatic heterocycles. The zero-order chi connectivity index (χ0) is 20.8. The van der Waals surface area contributed by atoms with Crippen LogP contribution in [0.1, 0.15) is 40.2 Å². The molecule has 0 amide bonds. The highest BCUT2D eigenvalue weighted by Crippen LogP contribution is 2.38. The number of benzene rings is 2. The van der Waals surface area contributed by atoms with E-state index in [4.69, 9.17) is 14.2 Å². The molecule has 2 aromatic rings. The van der Waals surface area contributed by atoms with Crippen molar-refractivity contribution in [2.24, 2.45) is 0 Å². The SMILES string of the molecule is COc1ccc(/C=C/C(=O)c2cc(C3CCN(C)CC3)c(OC)cc2OC)cc1. The molecule has 1 aliphatic heterocycles. The number of hydrogen-bond acceptors (Lipinski definition) is 5. The highest BCUT2D eigenvalue weighted by molar-refractivity contribution is 6.09. The van der Waals surface area contributed by atoms with Crippen molar-refractivity contribution in [3.63, 3.8) is 0 Å². The Balaban J connectivity index is 1.88. The molecule has 1 fully saturated rings. The van der Waals surface area contributed by atoms with Crippen LogP contribution in [0.3, 0.4) is 0 Å². The molecule has 154 valence electrons. The van der Waals surface area contributed by atoms with Crippen molar-refractivity contribution in [3.8, 4) is 17.2 Å². The Morgan fingerprint density at radius 3 is 2.21 bits per heavy atom. The Hall–Kier alpha value is -2.79. The Kier molecular flexibility index (Phi) is 6.94. The Morgan fingerprint density at radius 1 is 0.966 bits per heavy atom. The summed E-state index contributed by atoms with van der Waals surface area (Å²) in [5.41, 5.74) is 2.58. The summed E-state index contributed by atoms with van der Waals surface area (Å²) >= 11 is 0. The maximum absolute atomic E-state index is 13.0. The molecule has 3 rings (SSSR count). The van der Waals surface area contributed by atoms with Crippen LogP contribution in [-0.4, -0.2) is 52.1 Å². The van der Waals surface area contributed by atoms with Gasteiger partial charge in [0.2, 0.25) is 0 Å². The van der Waals surface area contributed by atoms with Crippen LogP contribution in [0.25, 0.3) is 6.08 Å². The molecule has 29 heavy (non-hydrogen) atoms. The lowest BCUT2D eigenvalue weighted by Crippen LogP contribution is -2.29. The van der Waals surface area contributed by atoms with Gasteiger partial charge in [0.05, 0.1) is 26.9 Å². The molecule has 0 radical (unpaired) electrons. The molecule has 0 N–H and O–H groups in total. The summed E-state index contributed by atoms with van der Waals surface area (Å²) in [6.45, 7) is 2.08. The molecule has 5 nitrogen and oxygen atoms in total. The normalized spacial score (nSPS) is 15.4. The van der Waals surface area contributed by atoms with Crippen LogP contribution in [0.5, 0.6) is 17.2 Å². The van der Waals surface area contributed by atoms with Gasteiger partial charge in [-0.25, -0.2) is 0 Å². The number of piperidine rings is 1. The van der Waals surface area contributed by atoms with Crippen molar-refractivity contribution in [1.29, 1.82) is 0 Å². The van der Waals surface area contributed by atoms with E-state index in [2.05, 4.69) is 11.9 Å². The molecule has 5 heteroatoms. The second-order valence-corrected chi connectivity index (χ2v) is 7.34. The molecule has 0 saturated carbocycles. The number of hydrogen-bond donors (Lipinski definition) is 0. The molecular formula is C24H29NO4. The average molecular weight is 395 g/mol. The maximum atomic E-state index is 13.0. The fourth-order valence-corrected chi connectivity index (χ4v) is 3.73. The van der Waals surface area contributed by atoms with E-state index in [1.807, 2.05) is 36.4 Å². The van der Waals surface area contributed by atoms with Gasteiger partial charge in [-0.2, -0.15) is 0 Å². The van der Waals surface area contributed by atoms with Crippen LogP contribution >= 0.6 is 0 Å². The number of carbonyl (C=O) groups is 1. The average Bonchev–Trinajstić information content (AvgIpc) is 2.77. The molecule has 1 heterocycles. The summed E-state index contributed by atoms with van der Waals surface area (Å²) in [6.07, 6.45) is 5.49. The molecule has 2 aromatic carbocycles. The fourth-order valence-electron chi connectivity index (χ4n) is 3.73. The van der Waals surface area contributed by atoms with Crippen LogP contribution in [0.4, 0.5) is 0 Å². The summed E-state index contributed by atoms with van der Waals surface area (Å²) < 4.78 is 16.3. The van der Waals surface area contributed by atoms with E-state index in [1.54, 1.807) is 33.5 Å². The van der Waals surface area contributed by atoms with Gasteiger partial charge in [-0.3, -0.25) is 4.79 Å². The highest BCUT2D eigenvalue weighted by atomic mass is 16.5. The summed E-state index contributed by atoms with van der Waals surface area (Å²) in [5.74, 6) is 2.39. The van der Waals surface area contributed by atoms with Gasteiger partial charge in [-0.15, -0.1) is 0 Å². The van der Waals surface area contributed by atoms with E-state index < -0.39 is 0 Å². The Bertz CT molecular complexity index is 865. The number of carbonyl (C=O) groups excluding carboxylic acids is 1. The lowest BCUT2D eigenvalue weighted by atomic mass is 9.87. The van der Waals surface area contributed by atoms with E-state index in [1.165, 1.54) is 0 Å². The van der Waals surface area contributed by atoms with Crippen LogP contribution in [0.15, 0.2) is 42.5 Å². The second kappa shape index (κ2) is 9.61. The van der Waals surface area contributed by atoms with Gasteiger partial charge in [0.1, 0.15) is 17.2 Å². The van der Waals surface area contributed by atoms with Crippen LogP contribution in [0, 0.1) is 0 Å². The number of ketones is 1. The van der Waals surface area contributed by atoms with Gasteiger partial charge in [0.25, 0.3) is 0 Å². The van der Waals surface area contributed by atoms with Gasteiger partial charge >= 0.3 is 0 Å². The van der Waals surface area contributed by atoms with E-state index in [0.29, 0.717) is 17.2 Å². The molecule has 1 aliphatic rings. The van der Waals surface area contributed by atoms with Crippen LogP contribution < -0.4 is 14.2 Å². The van der Waals surface area contributed by atoms with Crippen molar-refractivity contribution >= 4 is 11.9 Å². The van der Waals surface area contributed by atoms with Gasteiger partial charge in [0, 0.05) is 6.07 Å². The molecule has 0 spiro atoms. The first-order chi connectivity index (χ1) is 14.0. The van der Waals surface area contributed by atoms with E-state index >= 15 is 0 Å². The topological polar surface area (TPSA) is 48.0 Å². The minimum Gasteiger partial charge on any atom is -0.497 e. The van der Waals surface area contributed by atoms with Crippen molar-refractivity contribution in [3.05, 3.63) is 59.2 Å². The summed E-state index contributed by atoms with van der Waals surface area (Å²) in [7, 11) is 7.01.